The second kappa shape index (κ2) is 6.20. The van der Waals surface area contributed by atoms with Crippen LogP contribution in [0.1, 0.15) is 17.4 Å². The Labute approximate surface area is 101 Å². The zero-order chi connectivity index (χ0) is 12.8. The number of hydrogen-bond donors (Lipinski definition) is 1. The minimum Gasteiger partial charge on any atom is -0.358 e. The maximum absolute atomic E-state index is 12.0. The third-order valence-corrected chi connectivity index (χ3v) is 2.69. The van der Waals surface area contributed by atoms with E-state index in [1.54, 1.807) is 17.7 Å². The number of aryl methyl sites for hydroxylation is 1. The first-order chi connectivity index (χ1) is 8.08. The molecule has 0 saturated heterocycles. The summed E-state index contributed by atoms with van der Waals surface area (Å²) >= 11 is 0. The van der Waals surface area contributed by atoms with Crippen molar-refractivity contribution in [2.45, 2.75) is 6.92 Å². The van der Waals surface area contributed by atoms with E-state index >= 15 is 0 Å². The Hall–Kier alpha value is -1.62. The SMILES string of the molecule is CCN(CC(=O)NC)CC(=O)c1cccn1C. The van der Waals surface area contributed by atoms with Crippen LogP contribution in [-0.2, 0) is 11.8 Å². The molecule has 0 spiro atoms. The fourth-order valence-corrected chi connectivity index (χ4v) is 1.60. The van der Waals surface area contributed by atoms with Crippen LogP contribution < -0.4 is 5.32 Å². The lowest BCUT2D eigenvalue weighted by Crippen LogP contribution is -2.38. The molecule has 1 heterocycles. The molecule has 5 heteroatoms. The van der Waals surface area contributed by atoms with Gasteiger partial charge in [0.25, 0.3) is 0 Å². The number of hydrogen-bond acceptors (Lipinski definition) is 3. The van der Waals surface area contributed by atoms with Gasteiger partial charge in [-0.3, -0.25) is 14.5 Å². The summed E-state index contributed by atoms with van der Waals surface area (Å²) in [6, 6.07) is 3.62. The highest BCUT2D eigenvalue weighted by atomic mass is 16.2. The largest absolute Gasteiger partial charge is 0.358 e. The number of carbonyl (C=O) groups is 2. The van der Waals surface area contributed by atoms with E-state index in [1.165, 1.54) is 0 Å². The second-order valence-corrected chi connectivity index (χ2v) is 3.90. The first kappa shape index (κ1) is 13.4. The molecule has 1 aromatic rings. The van der Waals surface area contributed by atoms with E-state index in [9.17, 15) is 9.59 Å². The van der Waals surface area contributed by atoms with Crippen LogP contribution in [0.3, 0.4) is 0 Å². The maximum atomic E-state index is 12.0. The van der Waals surface area contributed by atoms with E-state index in [0.717, 1.165) is 0 Å². The number of rotatable bonds is 6. The molecule has 1 rings (SSSR count). The topological polar surface area (TPSA) is 54.3 Å². The van der Waals surface area contributed by atoms with Crippen molar-refractivity contribution in [3.05, 3.63) is 24.0 Å². The summed E-state index contributed by atoms with van der Waals surface area (Å²) in [5.41, 5.74) is 0.667. The number of ketones is 1. The van der Waals surface area contributed by atoms with E-state index < -0.39 is 0 Å². The molecule has 0 atom stereocenters. The number of nitrogens with one attached hydrogen (secondary N) is 1. The Balaban J connectivity index is 2.60. The van der Waals surface area contributed by atoms with Crippen LogP contribution >= 0.6 is 0 Å². The lowest BCUT2D eigenvalue weighted by Gasteiger charge is -2.18. The molecule has 0 bridgehead atoms. The fourth-order valence-electron chi connectivity index (χ4n) is 1.60. The molecule has 0 aliphatic carbocycles. The second-order valence-electron chi connectivity index (χ2n) is 3.90. The van der Waals surface area contributed by atoms with E-state index in [0.29, 0.717) is 12.2 Å². The summed E-state index contributed by atoms with van der Waals surface area (Å²) in [4.78, 5) is 25.0. The summed E-state index contributed by atoms with van der Waals surface area (Å²) in [7, 11) is 3.43. The van der Waals surface area contributed by atoms with Gasteiger partial charge < -0.3 is 9.88 Å². The van der Waals surface area contributed by atoms with Crippen LogP contribution in [0, 0.1) is 0 Å². The first-order valence-corrected chi connectivity index (χ1v) is 5.66. The minimum absolute atomic E-state index is 0.0308. The summed E-state index contributed by atoms with van der Waals surface area (Å²) < 4.78 is 1.79. The molecule has 5 nitrogen and oxygen atoms in total. The molecule has 1 amide bonds. The Morgan fingerprint density at radius 3 is 2.59 bits per heavy atom. The maximum Gasteiger partial charge on any atom is 0.233 e. The van der Waals surface area contributed by atoms with Gasteiger partial charge in [-0.05, 0) is 18.7 Å². The monoisotopic (exact) mass is 237 g/mol. The molecule has 0 unspecified atom stereocenters. The highest BCUT2D eigenvalue weighted by Crippen LogP contribution is 2.02. The molecular weight excluding hydrogens is 218 g/mol. The van der Waals surface area contributed by atoms with Gasteiger partial charge >= 0.3 is 0 Å². The van der Waals surface area contributed by atoms with Crippen molar-refractivity contribution in [2.24, 2.45) is 7.05 Å². The summed E-state index contributed by atoms with van der Waals surface area (Å²) in [5.74, 6) is -0.0465. The van der Waals surface area contributed by atoms with Crippen LogP contribution in [-0.4, -0.2) is 47.8 Å². The highest BCUT2D eigenvalue weighted by Gasteiger charge is 2.15. The lowest BCUT2D eigenvalue weighted by atomic mass is 10.2. The van der Waals surface area contributed by atoms with Gasteiger partial charge in [-0.2, -0.15) is 0 Å². The van der Waals surface area contributed by atoms with Gasteiger partial charge in [-0.25, -0.2) is 0 Å². The molecule has 0 aromatic carbocycles. The van der Waals surface area contributed by atoms with Crippen LogP contribution in [0.15, 0.2) is 18.3 Å². The summed E-state index contributed by atoms with van der Waals surface area (Å²) in [6.45, 7) is 3.12. The summed E-state index contributed by atoms with van der Waals surface area (Å²) in [6.07, 6.45) is 1.84. The van der Waals surface area contributed by atoms with Crippen molar-refractivity contribution >= 4 is 11.7 Å². The Morgan fingerprint density at radius 2 is 2.12 bits per heavy atom. The van der Waals surface area contributed by atoms with Gasteiger partial charge in [-0.1, -0.05) is 6.92 Å². The van der Waals surface area contributed by atoms with Gasteiger partial charge in [0.05, 0.1) is 18.8 Å². The van der Waals surface area contributed by atoms with E-state index in [-0.39, 0.29) is 24.8 Å². The number of carbonyl (C=O) groups excluding carboxylic acids is 2. The highest BCUT2D eigenvalue weighted by molar-refractivity contribution is 5.96. The van der Waals surface area contributed by atoms with E-state index in [4.69, 9.17) is 0 Å². The standard InChI is InChI=1S/C12H19N3O2/c1-4-15(9-12(17)13-2)8-11(16)10-6-5-7-14(10)3/h5-7H,4,8-9H2,1-3H3,(H,13,17). The number of nitrogens with zero attached hydrogens (tertiary/aromatic N) is 2. The molecule has 0 radical (unpaired) electrons. The Bertz CT molecular complexity index is 398. The molecule has 17 heavy (non-hydrogen) atoms. The van der Waals surface area contributed by atoms with Gasteiger partial charge in [0.15, 0.2) is 5.78 Å². The predicted molar refractivity (Wildman–Crippen MR) is 65.9 cm³/mol. The Kier molecular flexibility index (Phi) is 4.90. The zero-order valence-electron chi connectivity index (χ0n) is 10.6. The van der Waals surface area contributed by atoms with Crippen LogP contribution in [0.2, 0.25) is 0 Å². The molecule has 0 aliphatic rings. The van der Waals surface area contributed by atoms with Crippen molar-refractivity contribution in [1.29, 1.82) is 0 Å². The predicted octanol–water partition coefficient (Wildman–Crippen LogP) is 0.276. The summed E-state index contributed by atoms with van der Waals surface area (Å²) in [5, 5.41) is 2.55. The first-order valence-electron chi connectivity index (χ1n) is 5.66. The number of amides is 1. The minimum atomic E-state index is -0.0773. The average Bonchev–Trinajstić information content (AvgIpc) is 2.74. The number of likely N-dealkylation sites (N-methyl/N-ethyl adjacent to an activating group) is 2. The van der Waals surface area contributed by atoms with Gasteiger partial charge in [0.1, 0.15) is 0 Å². The number of aromatic nitrogens is 1. The third kappa shape index (κ3) is 3.71. The molecule has 1 aromatic heterocycles. The van der Waals surface area contributed by atoms with Crippen molar-refractivity contribution in [3.63, 3.8) is 0 Å². The molecule has 0 aliphatic heterocycles. The number of Topliss-reactive ketones (excluding diaryl/α,β-unsaturated/α-hetero) is 1. The van der Waals surface area contributed by atoms with Gasteiger partial charge in [-0.15, -0.1) is 0 Å². The molecule has 0 saturated carbocycles. The van der Waals surface area contributed by atoms with Crippen molar-refractivity contribution in [3.8, 4) is 0 Å². The van der Waals surface area contributed by atoms with Crippen molar-refractivity contribution in [2.75, 3.05) is 26.7 Å². The average molecular weight is 237 g/mol. The van der Waals surface area contributed by atoms with Crippen LogP contribution in [0.4, 0.5) is 0 Å². The normalized spacial score (nSPS) is 10.6. The van der Waals surface area contributed by atoms with Crippen molar-refractivity contribution < 1.29 is 9.59 Å². The lowest BCUT2D eigenvalue weighted by molar-refractivity contribution is -0.121. The molecule has 1 N–H and O–H groups in total. The van der Waals surface area contributed by atoms with E-state index in [1.807, 2.05) is 31.1 Å². The Morgan fingerprint density at radius 1 is 1.41 bits per heavy atom. The molecular formula is C12H19N3O2. The van der Waals surface area contributed by atoms with E-state index in [2.05, 4.69) is 5.32 Å². The fraction of sp³-hybridized carbons (Fsp3) is 0.500. The molecule has 0 fully saturated rings. The third-order valence-electron chi connectivity index (χ3n) is 2.69. The van der Waals surface area contributed by atoms with Crippen LogP contribution in [0.25, 0.3) is 0 Å². The van der Waals surface area contributed by atoms with Crippen LogP contribution in [0.5, 0.6) is 0 Å². The van der Waals surface area contributed by atoms with Gasteiger partial charge in [0, 0.05) is 20.3 Å². The zero-order valence-corrected chi connectivity index (χ0v) is 10.6. The quantitative estimate of drug-likeness (QED) is 0.723. The smallest absolute Gasteiger partial charge is 0.233 e. The van der Waals surface area contributed by atoms with Crippen molar-refractivity contribution in [1.82, 2.24) is 14.8 Å². The van der Waals surface area contributed by atoms with Gasteiger partial charge in [0.2, 0.25) is 5.91 Å². The molecule has 94 valence electrons.